The summed E-state index contributed by atoms with van der Waals surface area (Å²) in [5, 5.41) is 0. The van der Waals surface area contributed by atoms with Crippen molar-refractivity contribution in [2.75, 3.05) is 0 Å². The van der Waals surface area contributed by atoms with Crippen LogP contribution in [0, 0.1) is 6.92 Å². The van der Waals surface area contributed by atoms with E-state index in [1.54, 1.807) is 26.0 Å². The van der Waals surface area contributed by atoms with Gasteiger partial charge < -0.3 is 0 Å². The molecule has 0 bridgehead atoms. The van der Waals surface area contributed by atoms with E-state index in [0.717, 1.165) is 5.56 Å². The summed E-state index contributed by atoms with van der Waals surface area (Å²) in [6, 6.07) is 6.52. The van der Waals surface area contributed by atoms with Gasteiger partial charge in [-0.2, -0.15) is 12.8 Å². The second-order valence-electron chi connectivity index (χ2n) is 4.09. The minimum absolute atomic E-state index is 0.176. The molecule has 5 heteroatoms. The number of hydrogen-bond acceptors (Lipinski definition) is 2. The van der Waals surface area contributed by atoms with E-state index >= 15 is 0 Å². The first-order valence-corrected chi connectivity index (χ1v) is 6.60. The van der Waals surface area contributed by atoms with Crippen molar-refractivity contribution in [1.29, 1.82) is 0 Å². The van der Waals surface area contributed by atoms with Gasteiger partial charge >= 0.3 is 0 Å². The third-order valence-electron chi connectivity index (χ3n) is 1.82. The fourth-order valence-corrected chi connectivity index (χ4v) is 2.08. The number of nitrogens with zero attached hydrogens (tertiary/aromatic N) is 1. The molecule has 1 aromatic carbocycles. The minimum Gasteiger partial charge on any atom is -0.199 e. The van der Waals surface area contributed by atoms with Gasteiger partial charge in [0.15, 0.2) is 0 Å². The largest absolute Gasteiger partial charge is 0.282 e. The number of sulfonamides is 1. The van der Waals surface area contributed by atoms with E-state index in [2.05, 4.69) is 4.40 Å². The third kappa shape index (κ3) is 3.94. The lowest BCUT2D eigenvalue weighted by Crippen LogP contribution is -2.13. The van der Waals surface area contributed by atoms with Crippen LogP contribution in [0.4, 0.5) is 0 Å². The molecule has 0 spiro atoms. The third-order valence-corrected chi connectivity index (χ3v) is 3.17. The Morgan fingerprint density at radius 2 is 1.75 bits per heavy atom. The maximum absolute atomic E-state index is 11.7. The van der Waals surface area contributed by atoms with Crippen molar-refractivity contribution in [2.24, 2.45) is 4.40 Å². The van der Waals surface area contributed by atoms with Crippen LogP contribution in [0.25, 0.3) is 0 Å². The van der Waals surface area contributed by atoms with E-state index in [1.165, 1.54) is 18.3 Å². The number of benzene rings is 1. The van der Waals surface area contributed by atoms with Gasteiger partial charge in [0, 0.05) is 6.21 Å². The summed E-state index contributed by atoms with van der Waals surface area (Å²) >= 11 is 5.84. The van der Waals surface area contributed by atoms with Gasteiger partial charge in [0.2, 0.25) is 0 Å². The number of aryl methyl sites for hydroxylation is 1. The molecule has 0 heterocycles. The molecular weight excluding hydrogens is 246 g/mol. The van der Waals surface area contributed by atoms with Crippen LogP contribution < -0.4 is 0 Å². The molecule has 0 saturated carbocycles. The van der Waals surface area contributed by atoms with Gasteiger partial charge in [-0.3, -0.25) is 0 Å². The molecule has 0 aliphatic heterocycles. The summed E-state index contributed by atoms with van der Waals surface area (Å²) in [6.45, 7) is 5.23. The van der Waals surface area contributed by atoms with Crippen molar-refractivity contribution in [3.63, 3.8) is 0 Å². The number of rotatable bonds is 3. The molecule has 0 aromatic heterocycles. The van der Waals surface area contributed by atoms with Gasteiger partial charge in [0.1, 0.15) is 0 Å². The Balaban J connectivity index is 3.04. The molecule has 0 saturated heterocycles. The summed E-state index contributed by atoms with van der Waals surface area (Å²) in [5.74, 6) is 0. The highest BCUT2D eigenvalue weighted by molar-refractivity contribution is 7.90. The predicted octanol–water partition coefficient (Wildman–Crippen LogP) is 2.77. The van der Waals surface area contributed by atoms with Crippen molar-refractivity contribution < 1.29 is 8.42 Å². The molecule has 1 rings (SSSR count). The van der Waals surface area contributed by atoms with E-state index in [9.17, 15) is 8.42 Å². The van der Waals surface area contributed by atoms with Crippen molar-refractivity contribution in [2.45, 2.75) is 30.5 Å². The van der Waals surface area contributed by atoms with Gasteiger partial charge in [0.25, 0.3) is 10.0 Å². The lowest BCUT2D eigenvalue weighted by Gasteiger charge is -2.07. The molecule has 3 nitrogen and oxygen atoms in total. The topological polar surface area (TPSA) is 46.5 Å². The number of halogens is 1. The molecule has 1 aromatic rings. The highest BCUT2D eigenvalue weighted by atomic mass is 35.5. The highest BCUT2D eigenvalue weighted by Gasteiger charge is 2.15. The Labute approximate surface area is 101 Å². The summed E-state index contributed by atoms with van der Waals surface area (Å²) in [7, 11) is -3.63. The van der Waals surface area contributed by atoms with Crippen LogP contribution in [0.3, 0.4) is 0 Å². The van der Waals surface area contributed by atoms with Crippen LogP contribution in [0.15, 0.2) is 33.6 Å². The van der Waals surface area contributed by atoms with E-state index in [0.29, 0.717) is 0 Å². The lowest BCUT2D eigenvalue weighted by atomic mass is 10.2. The van der Waals surface area contributed by atoms with Gasteiger partial charge in [-0.1, -0.05) is 17.7 Å². The SMILES string of the molecule is Cc1ccc(S(=O)(=O)/N=C/C(C)(C)Cl)cc1. The Morgan fingerprint density at radius 1 is 1.25 bits per heavy atom. The summed E-state index contributed by atoms with van der Waals surface area (Å²) in [4.78, 5) is -0.590. The van der Waals surface area contributed by atoms with E-state index in [-0.39, 0.29) is 4.90 Å². The van der Waals surface area contributed by atoms with Crippen LogP contribution in [0.5, 0.6) is 0 Å². The average molecular weight is 260 g/mol. The van der Waals surface area contributed by atoms with Gasteiger partial charge in [-0.05, 0) is 32.9 Å². The predicted molar refractivity (Wildman–Crippen MR) is 66.8 cm³/mol. The van der Waals surface area contributed by atoms with E-state index in [1.807, 2.05) is 6.92 Å². The fourth-order valence-electron chi connectivity index (χ4n) is 0.966. The van der Waals surface area contributed by atoms with Crippen LogP contribution >= 0.6 is 11.6 Å². The minimum atomic E-state index is -3.63. The molecule has 0 atom stereocenters. The van der Waals surface area contributed by atoms with Crippen molar-refractivity contribution in [3.8, 4) is 0 Å². The first-order chi connectivity index (χ1) is 7.21. The van der Waals surface area contributed by atoms with Crippen molar-refractivity contribution in [3.05, 3.63) is 29.8 Å². The molecule has 0 aliphatic carbocycles. The van der Waals surface area contributed by atoms with E-state index < -0.39 is 14.9 Å². The summed E-state index contributed by atoms with van der Waals surface area (Å²) < 4.78 is 27.0. The molecule has 0 unspecified atom stereocenters. The molecule has 0 aliphatic rings. The monoisotopic (exact) mass is 259 g/mol. The Kier molecular flexibility index (Phi) is 3.76. The molecule has 16 heavy (non-hydrogen) atoms. The van der Waals surface area contributed by atoms with Crippen molar-refractivity contribution >= 4 is 27.8 Å². The molecule has 88 valence electrons. The summed E-state index contributed by atoms with van der Waals surface area (Å²) in [5.41, 5.74) is 1.00. The van der Waals surface area contributed by atoms with Gasteiger partial charge in [-0.25, -0.2) is 0 Å². The zero-order valence-corrected chi connectivity index (χ0v) is 11.0. The highest BCUT2D eigenvalue weighted by Crippen LogP contribution is 2.15. The molecule has 0 fully saturated rings. The quantitative estimate of drug-likeness (QED) is 0.619. The Morgan fingerprint density at radius 3 is 2.19 bits per heavy atom. The first-order valence-electron chi connectivity index (χ1n) is 4.78. The second kappa shape index (κ2) is 4.55. The zero-order chi connectivity index (χ0) is 12.4. The smallest absolute Gasteiger partial charge is 0.199 e. The van der Waals surface area contributed by atoms with Crippen molar-refractivity contribution in [1.82, 2.24) is 0 Å². The average Bonchev–Trinajstić information content (AvgIpc) is 2.15. The zero-order valence-electron chi connectivity index (χ0n) is 9.44. The van der Waals surface area contributed by atoms with Crippen LogP contribution in [0.2, 0.25) is 0 Å². The van der Waals surface area contributed by atoms with Gasteiger partial charge in [0.05, 0.1) is 9.77 Å². The van der Waals surface area contributed by atoms with Crippen LogP contribution in [-0.4, -0.2) is 19.5 Å². The maximum Gasteiger partial charge on any atom is 0.282 e. The van der Waals surface area contributed by atoms with Crippen LogP contribution in [-0.2, 0) is 10.0 Å². The number of hydrogen-bond donors (Lipinski definition) is 0. The maximum atomic E-state index is 11.7. The molecule has 0 N–H and O–H groups in total. The standard InChI is InChI=1S/C11H14ClNO2S/c1-9-4-6-10(7-5-9)16(14,15)13-8-11(2,3)12/h4-8H,1-3H3/b13-8+. The molecule has 0 amide bonds. The summed E-state index contributed by atoms with van der Waals surface area (Å²) in [6.07, 6.45) is 1.23. The normalized spacial score (nSPS) is 13.2. The first kappa shape index (κ1) is 13.2. The second-order valence-corrected chi connectivity index (χ2v) is 6.69. The number of alkyl halides is 1. The Hall–Kier alpha value is -0.870. The fraction of sp³-hybridized carbons (Fsp3) is 0.364. The van der Waals surface area contributed by atoms with E-state index in [4.69, 9.17) is 11.6 Å². The molecule has 0 radical (unpaired) electrons. The van der Waals surface area contributed by atoms with Crippen LogP contribution in [0.1, 0.15) is 19.4 Å². The Bertz CT molecular complexity index is 484. The molecular formula is C11H14ClNO2S. The van der Waals surface area contributed by atoms with Gasteiger partial charge in [-0.15, -0.1) is 11.6 Å². The lowest BCUT2D eigenvalue weighted by molar-refractivity contribution is 0.598.